The van der Waals surface area contributed by atoms with Gasteiger partial charge in [-0.1, -0.05) is 327 Å². The molecule has 1 N–H and O–H groups in total. The third kappa shape index (κ3) is 62.8. The lowest BCUT2D eigenvalue weighted by molar-refractivity contribution is -0.161. The fraction of sp³-hybridized carbons (Fsp3) is 0.912. The molecule has 5 heteroatoms. The standard InChI is InChI=1S/C68H130O5/c1-3-5-7-9-11-13-15-17-19-21-23-24-25-26-27-28-29-30-31-32-33-34-35-36-37-38-39-40-41-42-43-44-45-47-49-51-53-55-57-59-61-63-68(71)73-66(64-69)65-72-67(70)62-60-58-56-54-52-50-48-46-22-20-18-16-14-12-10-8-6-4-2/h20-23,66,69H,3-19,24-65H2,1-2H3/b22-20-,23-21-. The van der Waals surface area contributed by atoms with Crippen LogP contribution in [0.15, 0.2) is 24.3 Å². The van der Waals surface area contributed by atoms with Crippen molar-refractivity contribution in [3.8, 4) is 0 Å². The lowest BCUT2D eigenvalue weighted by Gasteiger charge is -2.15. The van der Waals surface area contributed by atoms with E-state index in [1.54, 1.807) is 0 Å². The van der Waals surface area contributed by atoms with Gasteiger partial charge in [0, 0.05) is 12.8 Å². The van der Waals surface area contributed by atoms with Crippen LogP contribution in [0.4, 0.5) is 0 Å². The molecule has 0 amide bonds. The van der Waals surface area contributed by atoms with Crippen molar-refractivity contribution < 1.29 is 24.2 Å². The van der Waals surface area contributed by atoms with E-state index in [0.29, 0.717) is 12.8 Å². The molecule has 0 radical (unpaired) electrons. The highest BCUT2D eigenvalue weighted by molar-refractivity contribution is 5.70. The Labute approximate surface area is 457 Å². The Balaban J connectivity index is 3.34. The van der Waals surface area contributed by atoms with Crippen molar-refractivity contribution >= 4 is 11.9 Å². The minimum Gasteiger partial charge on any atom is -0.462 e. The van der Waals surface area contributed by atoms with Gasteiger partial charge < -0.3 is 14.6 Å². The number of carbonyl (C=O) groups excluding carboxylic acids is 2. The first-order valence-corrected chi connectivity index (χ1v) is 33.4. The van der Waals surface area contributed by atoms with E-state index in [1.807, 2.05) is 0 Å². The van der Waals surface area contributed by atoms with Gasteiger partial charge in [-0.3, -0.25) is 9.59 Å². The number of hydrogen-bond donors (Lipinski definition) is 1. The molecule has 1 unspecified atom stereocenters. The molecular formula is C68H130O5. The Hall–Kier alpha value is -1.62. The maximum Gasteiger partial charge on any atom is 0.306 e. The molecule has 0 aromatic heterocycles. The van der Waals surface area contributed by atoms with Crippen LogP contribution in [-0.4, -0.2) is 36.4 Å². The molecule has 0 aromatic carbocycles. The van der Waals surface area contributed by atoms with Crippen LogP contribution in [0.5, 0.6) is 0 Å². The molecule has 0 aromatic rings. The third-order valence-corrected chi connectivity index (χ3v) is 15.5. The molecule has 73 heavy (non-hydrogen) atoms. The largest absolute Gasteiger partial charge is 0.462 e. The molecule has 1 atom stereocenters. The summed E-state index contributed by atoms with van der Waals surface area (Å²) in [6.07, 6.45) is 83.6. The number of carbonyl (C=O) groups is 2. The van der Waals surface area contributed by atoms with Crippen molar-refractivity contribution in [1.82, 2.24) is 0 Å². The summed E-state index contributed by atoms with van der Waals surface area (Å²) < 4.78 is 10.7. The van der Waals surface area contributed by atoms with Crippen molar-refractivity contribution in [1.29, 1.82) is 0 Å². The van der Waals surface area contributed by atoms with Crippen LogP contribution >= 0.6 is 0 Å². The summed E-state index contributed by atoms with van der Waals surface area (Å²) in [6.45, 7) is 4.19. The monoisotopic (exact) mass is 1030 g/mol. The molecule has 0 bridgehead atoms. The Morgan fingerprint density at radius 1 is 0.301 bits per heavy atom. The zero-order valence-electron chi connectivity index (χ0n) is 49.7. The van der Waals surface area contributed by atoms with Crippen LogP contribution in [0, 0.1) is 0 Å². The fourth-order valence-corrected chi connectivity index (χ4v) is 10.4. The van der Waals surface area contributed by atoms with E-state index in [4.69, 9.17) is 9.47 Å². The summed E-state index contributed by atoms with van der Waals surface area (Å²) >= 11 is 0. The number of rotatable bonds is 63. The highest BCUT2D eigenvalue weighted by atomic mass is 16.6. The first kappa shape index (κ1) is 71.4. The molecule has 432 valence electrons. The molecule has 0 spiro atoms. The van der Waals surface area contributed by atoms with Crippen LogP contribution in [0.1, 0.15) is 380 Å². The van der Waals surface area contributed by atoms with Crippen LogP contribution in [-0.2, 0) is 19.1 Å². The van der Waals surface area contributed by atoms with E-state index in [1.165, 1.54) is 315 Å². The fourth-order valence-electron chi connectivity index (χ4n) is 10.4. The SMILES string of the molecule is CCCCCCCCC/C=C\CCCCCCCCCC(=O)OCC(CO)OC(=O)CCCCCCCCCCCCCCCCCCCCCCCCCCCCCCC/C=C\CCCCCCCCCC. The van der Waals surface area contributed by atoms with E-state index in [0.717, 1.165) is 38.5 Å². The summed E-state index contributed by atoms with van der Waals surface area (Å²) in [5, 5.41) is 9.67. The predicted molar refractivity (Wildman–Crippen MR) is 321 cm³/mol. The molecule has 0 aliphatic carbocycles. The molecular weight excluding hydrogens is 897 g/mol. The van der Waals surface area contributed by atoms with Gasteiger partial charge in [-0.25, -0.2) is 0 Å². The van der Waals surface area contributed by atoms with Crippen LogP contribution < -0.4 is 0 Å². The second kappa shape index (κ2) is 64.7. The first-order chi connectivity index (χ1) is 36.1. The number of ether oxygens (including phenoxy) is 2. The summed E-state index contributed by atoms with van der Waals surface area (Å²) in [5.41, 5.74) is 0. The number of allylic oxidation sites excluding steroid dienone is 4. The summed E-state index contributed by atoms with van der Waals surface area (Å²) in [6, 6.07) is 0. The summed E-state index contributed by atoms with van der Waals surface area (Å²) in [4.78, 5) is 24.5. The normalized spacial score (nSPS) is 12.2. The van der Waals surface area contributed by atoms with E-state index >= 15 is 0 Å². The average Bonchev–Trinajstić information content (AvgIpc) is 3.39. The zero-order valence-corrected chi connectivity index (χ0v) is 49.7. The third-order valence-electron chi connectivity index (χ3n) is 15.5. The second-order valence-electron chi connectivity index (χ2n) is 22.9. The van der Waals surface area contributed by atoms with Gasteiger partial charge in [0.05, 0.1) is 6.61 Å². The first-order valence-electron chi connectivity index (χ1n) is 33.4. The lowest BCUT2D eigenvalue weighted by Crippen LogP contribution is -2.28. The topological polar surface area (TPSA) is 72.8 Å². The van der Waals surface area contributed by atoms with Gasteiger partial charge >= 0.3 is 11.9 Å². The van der Waals surface area contributed by atoms with Crippen molar-refractivity contribution in [3.63, 3.8) is 0 Å². The smallest absolute Gasteiger partial charge is 0.306 e. The van der Waals surface area contributed by atoms with Gasteiger partial charge in [-0.2, -0.15) is 0 Å². The van der Waals surface area contributed by atoms with Crippen molar-refractivity contribution in [2.75, 3.05) is 13.2 Å². The molecule has 0 aliphatic heterocycles. The number of aliphatic hydroxyl groups excluding tert-OH is 1. The van der Waals surface area contributed by atoms with E-state index in [-0.39, 0.29) is 25.2 Å². The molecule has 0 aliphatic rings. The van der Waals surface area contributed by atoms with Gasteiger partial charge in [0.1, 0.15) is 6.61 Å². The van der Waals surface area contributed by atoms with Gasteiger partial charge in [0.2, 0.25) is 0 Å². The Kier molecular flexibility index (Phi) is 63.2. The van der Waals surface area contributed by atoms with Crippen molar-refractivity contribution in [2.45, 2.75) is 386 Å². The van der Waals surface area contributed by atoms with Gasteiger partial charge in [-0.15, -0.1) is 0 Å². The molecule has 0 saturated heterocycles. The van der Waals surface area contributed by atoms with Gasteiger partial charge in [-0.05, 0) is 64.2 Å². The molecule has 0 heterocycles. The summed E-state index contributed by atoms with van der Waals surface area (Å²) in [5.74, 6) is -0.574. The van der Waals surface area contributed by atoms with Crippen molar-refractivity contribution in [2.24, 2.45) is 0 Å². The Bertz CT molecular complexity index is 1120. The van der Waals surface area contributed by atoms with Crippen molar-refractivity contribution in [3.05, 3.63) is 24.3 Å². The molecule has 0 rings (SSSR count). The van der Waals surface area contributed by atoms with Gasteiger partial charge in [0.25, 0.3) is 0 Å². The van der Waals surface area contributed by atoms with E-state index < -0.39 is 6.10 Å². The number of hydrogen-bond acceptors (Lipinski definition) is 5. The number of unbranched alkanes of at least 4 members (excludes halogenated alkanes) is 51. The molecule has 0 fully saturated rings. The minimum absolute atomic E-state index is 0.0619. The maximum atomic E-state index is 12.3. The Morgan fingerprint density at radius 3 is 0.740 bits per heavy atom. The molecule has 5 nitrogen and oxygen atoms in total. The minimum atomic E-state index is -0.770. The second-order valence-corrected chi connectivity index (χ2v) is 22.9. The summed E-state index contributed by atoms with van der Waals surface area (Å²) in [7, 11) is 0. The van der Waals surface area contributed by atoms with E-state index in [9.17, 15) is 14.7 Å². The predicted octanol–water partition coefficient (Wildman–Crippen LogP) is 22.8. The van der Waals surface area contributed by atoms with Crippen LogP contribution in [0.3, 0.4) is 0 Å². The highest BCUT2D eigenvalue weighted by Crippen LogP contribution is 2.19. The van der Waals surface area contributed by atoms with E-state index in [2.05, 4.69) is 38.2 Å². The zero-order chi connectivity index (χ0) is 52.7. The quantitative estimate of drug-likeness (QED) is 0.0373. The van der Waals surface area contributed by atoms with Gasteiger partial charge in [0.15, 0.2) is 6.10 Å². The number of aliphatic hydroxyl groups is 1. The lowest BCUT2D eigenvalue weighted by atomic mass is 10.0. The molecule has 0 saturated carbocycles. The highest BCUT2D eigenvalue weighted by Gasteiger charge is 2.16. The van der Waals surface area contributed by atoms with Crippen LogP contribution in [0.25, 0.3) is 0 Å². The number of esters is 2. The maximum absolute atomic E-state index is 12.3. The van der Waals surface area contributed by atoms with Crippen LogP contribution in [0.2, 0.25) is 0 Å². The average molecular weight is 1030 g/mol. The Morgan fingerprint density at radius 2 is 0.507 bits per heavy atom.